The van der Waals surface area contributed by atoms with Gasteiger partial charge in [-0.3, -0.25) is 9.69 Å². The van der Waals surface area contributed by atoms with Gasteiger partial charge in [-0.25, -0.2) is 4.39 Å². The third kappa shape index (κ3) is 4.52. The average Bonchev–Trinajstić information content (AvgIpc) is 2.69. The molecule has 1 N–H and O–H groups in total. The molecule has 1 aliphatic heterocycles. The number of halogens is 1. The molecule has 1 fully saturated rings. The maximum absolute atomic E-state index is 12.9. The summed E-state index contributed by atoms with van der Waals surface area (Å²) >= 11 is 0. The predicted molar refractivity (Wildman–Crippen MR) is 100 cm³/mol. The molecule has 26 heavy (non-hydrogen) atoms. The van der Waals surface area contributed by atoms with E-state index in [9.17, 15) is 9.18 Å². The highest BCUT2D eigenvalue weighted by molar-refractivity contribution is 5.94. The van der Waals surface area contributed by atoms with Gasteiger partial charge in [0.05, 0.1) is 12.8 Å². The second-order valence-corrected chi connectivity index (χ2v) is 6.26. The minimum Gasteiger partial charge on any atom is -0.495 e. The minimum absolute atomic E-state index is 0.169. The second-order valence-electron chi connectivity index (χ2n) is 6.26. The minimum atomic E-state index is -0.338. The molecule has 0 bridgehead atoms. The predicted octanol–water partition coefficient (Wildman–Crippen LogP) is 2.39. The fourth-order valence-corrected chi connectivity index (χ4v) is 3.13. The van der Waals surface area contributed by atoms with Crippen molar-refractivity contribution in [2.75, 3.05) is 51.3 Å². The summed E-state index contributed by atoms with van der Waals surface area (Å²) in [5.74, 6) is 0.389. The number of methoxy groups -OCH3 is 1. The molecule has 1 amide bonds. The van der Waals surface area contributed by atoms with Crippen molar-refractivity contribution in [3.63, 3.8) is 0 Å². The number of carbonyl (C=O) groups excluding carboxylic acids is 1. The Labute approximate surface area is 153 Å². The van der Waals surface area contributed by atoms with E-state index in [-0.39, 0.29) is 11.7 Å². The normalized spacial score (nSPS) is 14.9. The van der Waals surface area contributed by atoms with Crippen molar-refractivity contribution < 1.29 is 13.9 Å². The van der Waals surface area contributed by atoms with Crippen LogP contribution in [0.3, 0.4) is 0 Å². The molecule has 6 heteroatoms. The van der Waals surface area contributed by atoms with Crippen molar-refractivity contribution in [2.24, 2.45) is 0 Å². The summed E-state index contributed by atoms with van der Waals surface area (Å²) in [6.07, 6.45) is 0. The molecule has 0 unspecified atom stereocenters. The van der Waals surface area contributed by atoms with Crippen molar-refractivity contribution in [1.82, 2.24) is 10.2 Å². The van der Waals surface area contributed by atoms with Crippen LogP contribution < -0.4 is 15.0 Å². The van der Waals surface area contributed by atoms with Crippen LogP contribution in [-0.4, -0.2) is 57.2 Å². The number of hydrogen-bond donors (Lipinski definition) is 1. The SMILES string of the molecule is COc1ccccc1N1CCN(CCNC(=O)c2ccc(F)cc2)CC1. The fraction of sp³-hybridized carbons (Fsp3) is 0.350. The summed E-state index contributed by atoms with van der Waals surface area (Å²) in [5, 5.41) is 2.89. The second kappa shape index (κ2) is 8.67. The fourth-order valence-electron chi connectivity index (χ4n) is 3.13. The summed E-state index contributed by atoms with van der Waals surface area (Å²) in [5.41, 5.74) is 1.60. The average molecular weight is 357 g/mol. The summed E-state index contributed by atoms with van der Waals surface area (Å²) in [4.78, 5) is 16.7. The summed E-state index contributed by atoms with van der Waals surface area (Å²) < 4.78 is 18.3. The Kier molecular flexibility index (Phi) is 6.07. The van der Waals surface area contributed by atoms with E-state index in [4.69, 9.17) is 4.74 Å². The van der Waals surface area contributed by atoms with Gasteiger partial charge in [-0.15, -0.1) is 0 Å². The van der Waals surface area contributed by atoms with Gasteiger partial charge in [0.15, 0.2) is 0 Å². The van der Waals surface area contributed by atoms with Crippen LogP contribution in [0.4, 0.5) is 10.1 Å². The molecule has 0 spiro atoms. The Hall–Kier alpha value is -2.60. The van der Waals surface area contributed by atoms with E-state index >= 15 is 0 Å². The number of nitrogens with zero attached hydrogens (tertiary/aromatic N) is 2. The highest BCUT2D eigenvalue weighted by atomic mass is 19.1. The number of anilines is 1. The molecule has 5 nitrogen and oxygen atoms in total. The molecule has 1 aliphatic rings. The van der Waals surface area contributed by atoms with Crippen molar-refractivity contribution in [3.8, 4) is 5.75 Å². The Morgan fingerprint density at radius 1 is 1.08 bits per heavy atom. The van der Waals surface area contributed by atoms with Crippen LogP contribution in [0, 0.1) is 5.82 Å². The highest BCUT2D eigenvalue weighted by Gasteiger charge is 2.19. The monoisotopic (exact) mass is 357 g/mol. The molecule has 0 aliphatic carbocycles. The lowest BCUT2D eigenvalue weighted by atomic mass is 10.2. The van der Waals surface area contributed by atoms with E-state index in [1.54, 1.807) is 7.11 Å². The third-order valence-electron chi connectivity index (χ3n) is 4.62. The number of rotatable bonds is 6. The lowest BCUT2D eigenvalue weighted by Gasteiger charge is -2.36. The number of ether oxygens (including phenoxy) is 1. The van der Waals surface area contributed by atoms with E-state index in [0.717, 1.165) is 44.2 Å². The van der Waals surface area contributed by atoms with Gasteiger partial charge in [-0.05, 0) is 36.4 Å². The van der Waals surface area contributed by atoms with Gasteiger partial charge in [0.2, 0.25) is 0 Å². The largest absolute Gasteiger partial charge is 0.495 e. The molecule has 2 aromatic carbocycles. The molecule has 0 saturated carbocycles. The molecular weight excluding hydrogens is 333 g/mol. The first-order valence-corrected chi connectivity index (χ1v) is 8.81. The van der Waals surface area contributed by atoms with Crippen LogP contribution in [0.25, 0.3) is 0 Å². The Balaban J connectivity index is 1.43. The molecule has 1 heterocycles. The first-order chi connectivity index (χ1) is 12.7. The number of para-hydroxylation sites is 2. The molecule has 0 radical (unpaired) electrons. The van der Waals surface area contributed by atoms with Gasteiger partial charge in [0.1, 0.15) is 11.6 Å². The maximum Gasteiger partial charge on any atom is 0.251 e. The number of benzene rings is 2. The molecule has 2 aromatic rings. The molecule has 0 atom stereocenters. The zero-order valence-corrected chi connectivity index (χ0v) is 15.0. The van der Waals surface area contributed by atoms with Crippen molar-refractivity contribution in [1.29, 1.82) is 0 Å². The number of amides is 1. The van der Waals surface area contributed by atoms with Crippen LogP contribution in [-0.2, 0) is 0 Å². The van der Waals surface area contributed by atoms with Crippen molar-refractivity contribution >= 4 is 11.6 Å². The summed E-state index contributed by atoms with van der Waals surface area (Å²) in [6, 6.07) is 13.6. The first kappa shape index (κ1) is 18.2. The molecule has 3 rings (SSSR count). The van der Waals surface area contributed by atoms with Crippen molar-refractivity contribution in [2.45, 2.75) is 0 Å². The highest BCUT2D eigenvalue weighted by Crippen LogP contribution is 2.28. The van der Waals surface area contributed by atoms with E-state index in [1.807, 2.05) is 18.2 Å². The van der Waals surface area contributed by atoms with Crippen LogP contribution in [0.5, 0.6) is 5.75 Å². The van der Waals surface area contributed by atoms with Gasteiger partial charge in [-0.2, -0.15) is 0 Å². The number of nitrogens with one attached hydrogen (secondary N) is 1. The van der Waals surface area contributed by atoms with Crippen LogP contribution in [0.1, 0.15) is 10.4 Å². The van der Waals surface area contributed by atoms with E-state index in [0.29, 0.717) is 12.1 Å². The zero-order valence-electron chi connectivity index (χ0n) is 15.0. The van der Waals surface area contributed by atoms with Gasteiger partial charge in [0, 0.05) is 44.8 Å². The molecule has 138 valence electrons. The Morgan fingerprint density at radius 2 is 1.77 bits per heavy atom. The molecular formula is C20H24FN3O2. The lowest BCUT2D eigenvalue weighted by molar-refractivity contribution is 0.0947. The third-order valence-corrected chi connectivity index (χ3v) is 4.62. The Bertz CT molecular complexity index is 728. The van der Waals surface area contributed by atoms with Gasteiger partial charge in [0.25, 0.3) is 5.91 Å². The zero-order chi connectivity index (χ0) is 18.4. The van der Waals surface area contributed by atoms with Gasteiger partial charge < -0.3 is 15.0 Å². The number of hydrogen-bond acceptors (Lipinski definition) is 4. The summed E-state index contributed by atoms with van der Waals surface area (Å²) in [6.45, 7) is 5.09. The van der Waals surface area contributed by atoms with Gasteiger partial charge in [-0.1, -0.05) is 12.1 Å². The topological polar surface area (TPSA) is 44.8 Å². The van der Waals surface area contributed by atoms with Crippen molar-refractivity contribution in [3.05, 3.63) is 59.9 Å². The van der Waals surface area contributed by atoms with E-state index in [2.05, 4.69) is 21.2 Å². The molecule has 1 saturated heterocycles. The van der Waals surface area contributed by atoms with E-state index < -0.39 is 0 Å². The quantitative estimate of drug-likeness (QED) is 0.862. The molecule has 0 aromatic heterocycles. The van der Waals surface area contributed by atoms with Crippen LogP contribution in [0.2, 0.25) is 0 Å². The maximum atomic E-state index is 12.9. The van der Waals surface area contributed by atoms with Crippen LogP contribution in [0.15, 0.2) is 48.5 Å². The van der Waals surface area contributed by atoms with Crippen LogP contribution >= 0.6 is 0 Å². The van der Waals surface area contributed by atoms with Gasteiger partial charge >= 0.3 is 0 Å². The number of piperazine rings is 1. The smallest absolute Gasteiger partial charge is 0.251 e. The Morgan fingerprint density at radius 3 is 2.46 bits per heavy atom. The van der Waals surface area contributed by atoms with E-state index in [1.165, 1.54) is 24.3 Å². The standard InChI is InChI=1S/C20H24FN3O2/c1-26-19-5-3-2-4-18(19)24-14-12-23(13-15-24)11-10-22-20(25)16-6-8-17(21)9-7-16/h2-9H,10-15H2,1H3,(H,22,25). The number of carbonyl (C=O) groups is 1. The summed E-state index contributed by atoms with van der Waals surface area (Å²) in [7, 11) is 1.69. The lowest BCUT2D eigenvalue weighted by Crippen LogP contribution is -2.48. The first-order valence-electron chi connectivity index (χ1n) is 8.81.